The zero-order valence-corrected chi connectivity index (χ0v) is 11.7. The van der Waals surface area contributed by atoms with Gasteiger partial charge in [0.15, 0.2) is 0 Å². The Balaban J connectivity index is 2.11. The number of aryl methyl sites for hydroxylation is 1. The third-order valence-electron chi connectivity index (χ3n) is 3.10. The summed E-state index contributed by atoms with van der Waals surface area (Å²) in [4.78, 5) is 4.63. The Morgan fingerprint density at radius 2 is 1.89 bits per heavy atom. The fourth-order valence-corrected chi connectivity index (χ4v) is 2.93. The van der Waals surface area contributed by atoms with E-state index in [1.165, 1.54) is 11.1 Å². The van der Waals surface area contributed by atoms with Gasteiger partial charge < -0.3 is 4.40 Å². The van der Waals surface area contributed by atoms with Crippen LogP contribution < -0.4 is 0 Å². The molecule has 0 unspecified atom stereocenters. The first kappa shape index (κ1) is 11.5. The molecule has 0 fully saturated rings. The summed E-state index contributed by atoms with van der Waals surface area (Å²) >= 11 is 3.55. The largest absolute Gasteiger partial charge is 0.302 e. The van der Waals surface area contributed by atoms with Gasteiger partial charge >= 0.3 is 0 Å². The predicted molar refractivity (Wildman–Crippen MR) is 76.9 cm³/mol. The van der Waals surface area contributed by atoms with E-state index in [0.29, 0.717) is 0 Å². The quantitative estimate of drug-likeness (QED) is 0.699. The molecule has 0 aliphatic rings. The Bertz CT molecular complexity index is 686. The Kier molecular flexibility index (Phi) is 2.92. The van der Waals surface area contributed by atoms with Crippen molar-refractivity contribution in [2.24, 2.45) is 0 Å². The van der Waals surface area contributed by atoms with Crippen LogP contribution in [0.15, 0.2) is 53.3 Å². The second-order valence-electron chi connectivity index (χ2n) is 4.39. The third kappa shape index (κ3) is 1.95. The Morgan fingerprint density at radius 3 is 2.67 bits per heavy atom. The fraction of sp³-hybridized carbons (Fsp3) is 0.133. The molecular weight excluding hydrogens is 288 g/mol. The molecule has 2 nitrogen and oxygen atoms in total. The number of pyridine rings is 1. The highest BCUT2D eigenvalue weighted by atomic mass is 79.9. The van der Waals surface area contributed by atoms with Crippen molar-refractivity contribution in [1.29, 1.82) is 0 Å². The summed E-state index contributed by atoms with van der Waals surface area (Å²) < 4.78 is 3.08. The number of rotatable bonds is 2. The van der Waals surface area contributed by atoms with E-state index in [0.717, 1.165) is 22.4 Å². The molecule has 0 bridgehead atoms. The normalized spacial score (nSPS) is 11.0. The van der Waals surface area contributed by atoms with Crippen LogP contribution in [-0.4, -0.2) is 9.38 Å². The van der Waals surface area contributed by atoms with E-state index in [2.05, 4.69) is 74.8 Å². The van der Waals surface area contributed by atoms with Crippen molar-refractivity contribution in [2.45, 2.75) is 13.3 Å². The number of fused-ring (bicyclic) bond motifs is 1. The van der Waals surface area contributed by atoms with Gasteiger partial charge in [0, 0.05) is 12.6 Å². The number of imidazole rings is 1. The van der Waals surface area contributed by atoms with Crippen molar-refractivity contribution < 1.29 is 0 Å². The van der Waals surface area contributed by atoms with Gasteiger partial charge in [0.05, 0.1) is 5.52 Å². The molecule has 3 rings (SSSR count). The molecule has 0 saturated heterocycles. The maximum Gasteiger partial charge on any atom is 0.132 e. The Hall–Kier alpha value is -1.61. The molecule has 0 atom stereocenters. The van der Waals surface area contributed by atoms with Gasteiger partial charge in [-0.15, -0.1) is 0 Å². The summed E-state index contributed by atoms with van der Waals surface area (Å²) in [6.07, 6.45) is 2.91. The van der Waals surface area contributed by atoms with E-state index >= 15 is 0 Å². The molecule has 0 aliphatic heterocycles. The van der Waals surface area contributed by atoms with E-state index in [4.69, 9.17) is 0 Å². The lowest BCUT2D eigenvalue weighted by Gasteiger charge is -2.02. The van der Waals surface area contributed by atoms with Gasteiger partial charge in [-0.25, -0.2) is 4.98 Å². The highest BCUT2D eigenvalue weighted by Crippen LogP contribution is 2.23. The molecule has 0 spiro atoms. The molecule has 2 heterocycles. The summed E-state index contributed by atoms with van der Waals surface area (Å²) in [5.74, 6) is 1.06. The minimum atomic E-state index is 0.844. The standard InChI is InChI=1S/C15H13BrN2/c1-11-6-5-9-18-13(17-15(16)14(11)18)10-12-7-3-2-4-8-12/h2-9H,10H2,1H3. The maximum atomic E-state index is 4.63. The summed E-state index contributed by atoms with van der Waals surface area (Å²) in [6.45, 7) is 2.11. The summed E-state index contributed by atoms with van der Waals surface area (Å²) in [7, 11) is 0. The van der Waals surface area contributed by atoms with Crippen molar-refractivity contribution in [3.63, 3.8) is 0 Å². The van der Waals surface area contributed by atoms with Gasteiger partial charge in [-0.3, -0.25) is 0 Å². The van der Waals surface area contributed by atoms with Crippen LogP contribution in [-0.2, 0) is 6.42 Å². The van der Waals surface area contributed by atoms with Crippen molar-refractivity contribution in [2.75, 3.05) is 0 Å². The van der Waals surface area contributed by atoms with Crippen molar-refractivity contribution >= 4 is 21.4 Å². The van der Waals surface area contributed by atoms with Crippen LogP contribution in [0.3, 0.4) is 0 Å². The highest BCUT2D eigenvalue weighted by molar-refractivity contribution is 9.10. The number of halogens is 1. The molecule has 1 aromatic carbocycles. The average molecular weight is 301 g/mol. The number of benzene rings is 1. The number of nitrogens with zero attached hydrogens (tertiary/aromatic N) is 2. The molecule has 2 aromatic heterocycles. The molecule has 3 heteroatoms. The zero-order chi connectivity index (χ0) is 12.5. The summed E-state index contributed by atoms with van der Waals surface area (Å²) in [5.41, 5.74) is 3.66. The first-order valence-corrected chi connectivity index (χ1v) is 6.71. The van der Waals surface area contributed by atoms with Gasteiger partial charge in [-0.05, 0) is 40.0 Å². The van der Waals surface area contributed by atoms with Crippen LogP contribution in [0, 0.1) is 6.92 Å². The van der Waals surface area contributed by atoms with Gasteiger partial charge in [0.1, 0.15) is 10.4 Å². The number of hydrogen-bond acceptors (Lipinski definition) is 1. The maximum absolute atomic E-state index is 4.63. The molecule has 0 radical (unpaired) electrons. The first-order valence-electron chi connectivity index (χ1n) is 5.91. The Morgan fingerprint density at radius 1 is 1.11 bits per heavy atom. The van der Waals surface area contributed by atoms with Crippen LogP contribution in [0.2, 0.25) is 0 Å². The van der Waals surface area contributed by atoms with Gasteiger partial charge in [0.25, 0.3) is 0 Å². The monoisotopic (exact) mass is 300 g/mol. The van der Waals surface area contributed by atoms with Crippen LogP contribution in [0.4, 0.5) is 0 Å². The van der Waals surface area contributed by atoms with E-state index in [9.17, 15) is 0 Å². The molecule has 0 aliphatic carbocycles. The summed E-state index contributed by atoms with van der Waals surface area (Å²) in [6, 6.07) is 14.6. The van der Waals surface area contributed by atoms with Crippen LogP contribution in [0.25, 0.3) is 5.52 Å². The minimum absolute atomic E-state index is 0.844. The lowest BCUT2D eigenvalue weighted by atomic mass is 10.1. The van der Waals surface area contributed by atoms with E-state index in [1.807, 2.05) is 6.07 Å². The molecule has 0 N–H and O–H groups in total. The fourth-order valence-electron chi connectivity index (χ4n) is 2.22. The van der Waals surface area contributed by atoms with Gasteiger partial charge in [0.2, 0.25) is 0 Å². The molecule has 0 saturated carbocycles. The van der Waals surface area contributed by atoms with Crippen molar-refractivity contribution in [1.82, 2.24) is 9.38 Å². The van der Waals surface area contributed by atoms with Crippen molar-refractivity contribution in [3.8, 4) is 0 Å². The van der Waals surface area contributed by atoms with E-state index < -0.39 is 0 Å². The average Bonchev–Trinajstić information content (AvgIpc) is 2.69. The van der Waals surface area contributed by atoms with E-state index in [-0.39, 0.29) is 0 Å². The van der Waals surface area contributed by atoms with Crippen molar-refractivity contribution in [3.05, 3.63) is 70.2 Å². The highest BCUT2D eigenvalue weighted by Gasteiger charge is 2.10. The molecular formula is C15H13BrN2. The van der Waals surface area contributed by atoms with Gasteiger partial charge in [-0.2, -0.15) is 0 Å². The van der Waals surface area contributed by atoms with Crippen LogP contribution >= 0.6 is 15.9 Å². The topological polar surface area (TPSA) is 17.3 Å². The van der Waals surface area contributed by atoms with E-state index in [1.54, 1.807) is 0 Å². The molecule has 90 valence electrons. The SMILES string of the molecule is Cc1cccn2c(Cc3ccccc3)nc(Br)c12. The van der Waals surface area contributed by atoms with Crippen LogP contribution in [0.1, 0.15) is 17.0 Å². The third-order valence-corrected chi connectivity index (χ3v) is 3.65. The predicted octanol–water partition coefficient (Wildman–Crippen LogP) is 4.00. The molecule has 3 aromatic rings. The number of hydrogen-bond donors (Lipinski definition) is 0. The zero-order valence-electron chi connectivity index (χ0n) is 10.1. The Labute approximate surface area is 114 Å². The van der Waals surface area contributed by atoms with Gasteiger partial charge in [-0.1, -0.05) is 36.4 Å². The second-order valence-corrected chi connectivity index (χ2v) is 5.14. The lowest BCUT2D eigenvalue weighted by Crippen LogP contribution is -1.96. The molecule has 0 amide bonds. The first-order chi connectivity index (χ1) is 8.75. The minimum Gasteiger partial charge on any atom is -0.302 e. The smallest absolute Gasteiger partial charge is 0.132 e. The molecule has 18 heavy (non-hydrogen) atoms. The van der Waals surface area contributed by atoms with Crippen LogP contribution in [0.5, 0.6) is 0 Å². The lowest BCUT2D eigenvalue weighted by molar-refractivity contribution is 0.957. The second kappa shape index (κ2) is 4.58. The number of aromatic nitrogens is 2. The summed E-state index contributed by atoms with van der Waals surface area (Å²) in [5, 5.41) is 0.